The molecule has 1 aliphatic rings. The number of nitrogens with one attached hydrogen (secondary N) is 2. The molecular weight excluding hydrogens is 272 g/mol. The molecule has 3 rings (SSSR count). The molecule has 2 aromatic carbocycles. The van der Waals surface area contributed by atoms with Gasteiger partial charge in [-0.2, -0.15) is 0 Å². The quantitative estimate of drug-likeness (QED) is 0.790. The number of hydrazine groups is 1. The molecule has 0 spiro atoms. The summed E-state index contributed by atoms with van der Waals surface area (Å²) in [5.74, 6) is -0.0889. The molecule has 0 aliphatic carbocycles. The van der Waals surface area contributed by atoms with Crippen LogP contribution in [-0.2, 0) is 4.79 Å². The molecule has 0 aromatic heterocycles. The van der Waals surface area contributed by atoms with Crippen LogP contribution in [0, 0.1) is 0 Å². The minimum Gasteiger partial charge on any atom is -0.287 e. The van der Waals surface area contributed by atoms with Crippen molar-refractivity contribution in [3.05, 3.63) is 52.6 Å². The Bertz CT molecular complexity index is 734. The van der Waals surface area contributed by atoms with E-state index in [1.165, 1.54) is 0 Å². The van der Waals surface area contributed by atoms with Gasteiger partial charge in [-0.05, 0) is 36.9 Å². The first-order chi connectivity index (χ1) is 9.49. The molecule has 102 valence electrons. The normalized spacial score (nSPS) is 19.6. The standard InChI is InChI=1S/C16H15ClN2O/c1-16(2)13(15(20)18-19-16)9-10-7-8-14(17)12-6-4-3-5-11(10)12/h3-9,19H,1-2H3,(H,18,20)/b13-9+. The number of carbonyl (C=O) groups is 1. The van der Waals surface area contributed by atoms with E-state index in [1.807, 2.05) is 56.3 Å². The fourth-order valence-corrected chi connectivity index (χ4v) is 2.67. The number of halogens is 1. The molecule has 3 nitrogen and oxygen atoms in total. The van der Waals surface area contributed by atoms with Crippen LogP contribution in [0.25, 0.3) is 16.8 Å². The van der Waals surface area contributed by atoms with Gasteiger partial charge >= 0.3 is 0 Å². The molecule has 20 heavy (non-hydrogen) atoms. The maximum absolute atomic E-state index is 11.9. The second-order valence-electron chi connectivity index (χ2n) is 5.44. The summed E-state index contributed by atoms with van der Waals surface area (Å²) in [4.78, 5) is 11.9. The molecule has 0 saturated carbocycles. The smallest absolute Gasteiger partial charge is 0.263 e. The van der Waals surface area contributed by atoms with Gasteiger partial charge in [-0.3, -0.25) is 10.2 Å². The van der Waals surface area contributed by atoms with Gasteiger partial charge in [0.05, 0.1) is 5.54 Å². The second kappa shape index (κ2) is 4.62. The first kappa shape index (κ1) is 13.2. The Labute approximate surface area is 122 Å². The van der Waals surface area contributed by atoms with Crippen LogP contribution >= 0.6 is 11.6 Å². The summed E-state index contributed by atoms with van der Waals surface area (Å²) in [6.45, 7) is 3.93. The molecule has 1 aliphatic heterocycles. The lowest BCUT2D eigenvalue weighted by molar-refractivity contribution is -0.116. The molecule has 0 bridgehead atoms. The van der Waals surface area contributed by atoms with E-state index in [0.29, 0.717) is 5.57 Å². The summed E-state index contributed by atoms with van der Waals surface area (Å²) in [6.07, 6.45) is 1.92. The highest BCUT2D eigenvalue weighted by Crippen LogP contribution is 2.30. The second-order valence-corrected chi connectivity index (χ2v) is 5.85. The van der Waals surface area contributed by atoms with Crippen LogP contribution in [0.4, 0.5) is 0 Å². The molecule has 2 N–H and O–H groups in total. The third kappa shape index (κ3) is 2.09. The summed E-state index contributed by atoms with van der Waals surface area (Å²) < 4.78 is 0. The fourth-order valence-electron chi connectivity index (χ4n) is 2.44. The Morgan fingerprint density at radius 2 is 1.80 bits per heavy atom. The molecule has 0 unspecified atom stereocenters. The summed E-state index contributed by atoms with van der Waals surface area (Å²) in [7, 11) is 0. The minimum atomic E-state index is -0.391. The van der Waals surface area contributed by atoms with Gasteiger partial charge in [0.1, 0.15) is 0 Å². The van der Waals surface area contributed by atoms with Gasteiger partial charge in [-0.1, -0.05) is 41.9 Å². The zero-order valence-electron chi connectivity index (χ0n) is 11.3. The molecule has 0 atom stereocenters. The van der Waals surface area contributed by atoms with E-state index in [0.717, 1.165) is 21.4 Å². The highest BCUT2D eigenvalue weighted by Gasteiger charge is 2.34. The lowest BCUT2D eigenvalue weighted by atomic mass is 9.92. The Morgan fingerprint density at radius 3 is 2.45 bits per heavy atom. The number of amides is 1. The monoisotopic (exact) mass is 286 g/mol. The molecule has 1 amide bonds. The summed E-state index contributed by atoms with van der Waals surface area (Å²) in [5.41, 5.74) is 6.95. The van der Waals surface area contributed by atoms with Gasteiger partial charge in [0.25, 0.3) is 5.91 Å². The van der Waals surface area contributed by atoms with E-state index >= 15 is 0 Å². The van der Waals surface area contributed by atoms with Crippen LogP contribution in [0.2, 0.25) is 5.02 Å². The van der Waals surface area contributed by atoms with Crippen LogP contribution < -0.4 is 10.9 Å². The van der Waals surface area contributed by atoms with Crippen molar-refractivity contribution in [1.29, 1.82) is 0 Å². The average molecular weight is 287 g/mol. The molecule has 1 saturated heterocycles. The number of fused-ring (bicyclic) bond motifs is 1. The van der Waals surface area contributed by atoms with Crippen molar-refractivity contribution in [2.45, 2.75) is 19.4 Å². The molecular formula is C16H15ClN2O. The minimum absolute atomic E-state index is 0.0889. The molecule has 2 aromatic rings. The topological polar surface area (TPSA) is 41.1 Å². The number of benzene rings is 2. The SMILES string of the molecule is CC1(C)NNC(=O)/C1=C\c1ccc(Cl)c2ccccc12. The van der Waals surface area contributed by atoms with E-state index in [1.54, 1.807) is 0 Å². The summed E-state index contributed by atoms with van der Waals surface area (Å²) in [6, 6.07) is 11.7. The summed E-state index contributed by atoms with van der Waals surface area (Å²) in [5, 5.41) is 2.76. The van der Waals surface area contributed by atoms with Crippen LogP contribution in [0.3, 0.4) is 0 Å². The lowest BCUT2D eigenvalue weighted by Crippen LogP contribution is -2.38. The molecule has 0 radical (unpaired) electrons. The third-order valence-electron chi connectivity index (χ3n) is 3.61. The van der Waals surface area contributed by atoms with E-state index in [4.69, 9.17) is 11.6 Å². The van der Waals surface area contributed by atoms with E-state index in [9.17, 15) is 4.79 Å². The summed E-state index contributed by atoms with van der Waals surface area (Å²) >= 11 is 6.22. The van der Waals surface area contributed by atoms with Crippen molar-refractivity contribution in [1.82, 2.24) is 10.9 Å². The van der Waals surface area contributed by atoms with E-state index in [-0.39, 0.29) is 5.91 Å². The Balaban J connectivity index is 2.21. The van der Waals surface area contributed by atoms with Crippen LogP contribution in [-0.4, -0.2) is 11.4 Å². The van der Waals surface area contributed by atoms with Gasteiger partial charge in [0, 0.05) is 16.0 Å². The maximum Gasteiger partial charge on any atom is 0.263 e. The van der Waals surface area contributed by atoms with Crippen molar-refractivity contribution in [3.8, 4) is 0 Å². The van der Waals surface area contributed by atoms with Gasteiger partial charge in [0.2, 0.25) is 0 Å². The van der Waals surface area contributed by atoms with Crippen LogP contribution in [0.5, 0.6) is 0 Å². The zero-order chi connectivity index (χ0) is 14.3. The Morgan fingerprint density at radius 1 is 1.10 bits per heavy atom. The van der Waals surface area contributed by atoms with Crippen molar-refractivity contribution < 1.29 is 4.79 Å². The van der Waals surface area contributed by atoms with Crippen molar-refractivity contribution in [2.24, 2.45) is 0 Å². The number of rotatable bonds is 1. The Kier molecular flexibility index (Phi) is 3.04. The average Bonchev–Trinajstić information content (AvgIpc) is 2.69. The third-order valence-corrected chi connectivity index (χ3v) is 3.94. The maximum atomic E-state index is 11.9. The first-order valence-corrected chi connectivity index (χ1v) is 6.84. The van der Waals surface area contributed by atoms with Crippen molar-refractivity contribution in [3.63, 3.8) is 0 Å². The molecule has 4 heteroatoms. The van der Waals surface area contributed by atoms with Gasteiger partial charge in [-0.25, -0.2) is 5.43 Å². The van der Waals surface area contributed by atoms with Gasteiger partial charge in [0.15, 0.2) is 0 Å². The number of carbonyl (C=O) groups excluding carboxylic acids is 1. The van der Waals surface area contributed by atoms with Crippen LogP contribution in [0.1, 0.15) is 19.4 Å². The van der Waals surface area contributed by atoms with Crippen LogP contribution in [0.15, 0.2) is 42.0 Å². The van der Waals surface area contributed by atoms with Crippen molar-refractivity contribution >= 4 is 34.4 Å². The fraction of sp³-hybridized carbons (Fsp3) is 0.188. The number of hydrogen-bond acceptors (Lipinski definition) is 2. The number of hydrogen-bond donors (Lipinski definition) is 2. The van der Waals surface area contributed by atoms with E-state index in [2.05, 4.69) is 10.9 Å². The Hall–Kier alpha value is -1.84. The van der Waals surface area contributed by atoms with E-state index < -0.39 is 5.54 Å². The lowest BCUT2D eigenvalue weighted by Gasteiger charge is -2.17. The molecule has 1 heterocycles. The van der Waals surface area contributed by atoms with Crippen molar-refractivity contribution in [2.75, 3.05) is 0 Å². The highest BCUT2D eigenvalue weighted by molar-refractivity contribution is 6.35. The highest BCUT2D eigenvalue weighted by atomic mass is 35.5. The predicted molar refractivity (Wildman–Crippen MR) is 82.3 cm³/mol. The largest absolute Gasteiger partial charge is 0.287 e. The van der Waals surface area contributed by atoms with Gasteiger partial charge < -0.3 is 0 Å². The zero-order valence-corrected chi connectivity index (χ0v) is 12.1. The first-order valence-electron chi connectivity index (χ1n) is 6.46. The molecule has 1 fully saturated rings. The van der Waals surface area contributed by atoms with Gasteiger partial charge in [-0.15, -0.1) is 0 Å². The predicted octanol–water partition coefficient (Wildman–Crippen LogP) is 3.29.